The van der Waals surface area contributed by atoms with Crippen LogP contribution in [0, 0.1) is 0 Å². The third-order valence-corrected chi connectivity index (χ3v) is 4.47. The second kappa shape index (κ2) is 8.21. The number of anilines is 1. The smallest absolute Gasteiger partial charge is 0.262 e. The van der Waals surface area contributed by atoms with Crippen LogP contribution in [0.15, 0.2) is 72.4 Å². The van der Waals surface area contributed by atoms with Gasteiger partial charge in [0, 0.05) is 24.5 Å². The molecule has 0 saturated heterocycles. The van der Waals surface area contributed by atoms with Crippen molar-refractivity contribution < 1.29 is 9.59 Å². The van der Waals surface area contributed by atoms with Gasteiger partial charge in [-0.05, 0) is 29.1 Å². The molecule has 126 valence electrons. The minimum absolute atomic E-state index is 0.249. The minimum atomic E-state index is -0.676. The van der Waals surface area contributed by atoms with E-state index in [4.69, 9.17) is 0 Å². The highest BCUT2D eigenvalue weighted by atomic mass is 32.1. The average molecular weight is 351 g/mol. The SMILES string of the molecule is O=C(NC(Cc1ccccc1)C(=O)Nc1ccncc1)c1cccs1. The van der Waals surface area contributed by atoms with Gasteiger partial charge in [0.2, 0.25) is 5.91 Å². The second-order valence-corrected chi connectivity index (χ2v) is 6.37. The number of benzene rings is 1. The van der Waals surface area contributed by atoms with Crippen LogP contribution in [0.25, 0.3) is 0 Å². The quantitative estimate of drug-likeness (QED) is 0.717. The zero-order valence-corrected chi connectivity index (χ0v) is 14.2. The molecule has 0 aliphatic carbocycles. The number of rotatable bonds is 6. The molecule has 0 aliphatic heterocycles. The van der Waals surface area contributed by atoms with Crippen LogP contribution in [0.2, 0.25) is 0 Å². The molecule has 0 bridgehead atoms. The number of nitrogens with one attached hydrogen (secondary N) is 2. The first kappa shape index (κ1) is 16.9. The number of carbonyl (C=O) groups excluding carboxylic acids is 2. The maximum absolute atomic E-state index is 12.7. The molecule has 0 fully saturated rings. The molecule has 2 aromatic heterocycles. The monoisotopic (exact) mass is 351 g/mol. The molecular formula is C19H17N3O2S. The lowest BCUT2D eigenvalue weighted by molar-refractivity contribution is -0.118. The summed E-state index contributed by atoms with van der Waals surface area (Å²) in [5, 5.41) is 7.49. The second-order valence-electron chi connectivity index (χ2n) is 5.42. The number of nitrogens with zero attached hydrogens (tertiary/aromatic N) is 1. The van der Waals surface area contributed by atoms with Crippen molar-refractivity contribution in [3.8, 4) is 0 Å². The largest absolute Gasteiger partial charge is 0.339 e. The third-order valence-electron chi connectivity index (χ3n) is 3.60. The summed E-state index contributed by atoms with van der Waals surface area (Å²) in [7, 11) is 0. The zero-order chi connectivity index (χ0) is 17.5. The fourth-order valence-electron chi connectivity index (χ4n) is 2.36. The topological polar surface area (TPSA) is 71.1 Å². The molecule has 2 heterocycles. The molecule has 3 aromatic rings. The number of hydrogen-bond acceptors (Lipinski definition) is 4. The van der Waals surface area contributed by atoms with E-state index in [1.165, 1.54) is 11.3 Å². The predicted octanol–water partition coefficient (Wildman–Crippen LogP) is 3.12. The Hall–Kier alpha value is -2.99. The lowest BCUT2D eigenvalue weighted by Crippen LogP contribution is -2.45. The molecule has 5 nitrogen and oxygen atoms in total. The fourth-order valence-corrected chi connectivity index (χ4v) is 2.99. The first-order valence-corrected chi connectivity index (χ1v) is 8.69. The Morgan fingerprint density at radius 1 is 1.00 bits per heavy atom. The van der Waals surface area contributed by atoms with Crippen LogP contribution in [0.3, 0.4) is 0 Å². The summed E-state index contributed by atoms with van der Waals surface area (Å²) in [6.45, 7) is 0. The number of amides is 2. The molecule has 25 heavy (non-hydrogen) atoms. The Balaban J connectivity index is 1.75. The zero-order valence-electron chi connectivity index (χ0n) is 13.4. The summed E-state index contributed by atoms with van der Waals surface area (Å²) in [5.41, 5.74) is 1.62. The Kier molecular flexibility index (Phi) is 5.53. The van der Waals surface area contributed by atoms with E-state index in [2.05, 4.69) is 15.6 Å². The van der Waals surface area contributed by atoms with Gasteiger partial charge < -0.3 is 10.6 Å². The Morgan fingerprint density at radius 3 is 2.44 bits per heavy atom. The first-order chi connectivity index (χ1) is 12.2. The van der Waals surface area contributed by atoms with Gasteiger partial charge in [0.15, 0.2) is 0 Å². The van der Waals surface area contributed by atoms with Gasteiger partial charge in [0.05, 0.1) is 4.88 Å². The molecule has 0 spiro atoms. The van der Waals surface area contributed by atoms with Gasteiger partial charge in [-0.3, -0.25) is 14.6 Å². The lowest BCUT2D eigenvalue weighted by atomic mass is 10.0. The van der Waals surface area contributed by atoms with Gasteiger partial charge in [-0.15, -0.1) is 11.3 Å². The number of aromatic nitrogens is 1. The van der Waals surface area contributed by atoms with E-state index in [9.17, 15) is 9.59 Å². The lowest BCUT2D eigenvalue weighted by Gasteiger charge is -2.18. The molecule has 0 saturated carbocycles. The number of carbonyl (C=O) groups is 2. The van der Waals surface area contributed by atoms with Crippen molar-refractivity contribution in [2.24, 2.45) is 0 Å². The fraction of sp³-hybridized carbons (Fsp3) is 0.105. The summed E-state index contributed by atoms with van der Waals surface area (Å²) in [4.78, 5) is 29.6. The maximum Gasteiger partial charge on any atom is 0.262 e. The molecule has 2 amide bonds. The maximum atomic E-state index is 12.7. The summed E-state index contributed by atoms with van der Waals surface area (Å²) in [5.74, 6) is -0.513. The van der Waals surface area contributed by atoms with E-state index in [0.717, 1.165) is 5.56 Å². The summed E-state index contributed by atoms with van der Waals surface area (Å²) in [6.07, 6.45) is 3.62. The van der Waals surface area contributed by atoms with E-state index in [1.807, 2.05) is 41.8 Å². The van der Waals surface area contributed by atoms with Crippen molar-refractivity contribution >= 4 is 28.8 Å². The van der Waals surface area contributed by atoms with Crippen LogP contribution in [0.1, 0.15) is 15.2 Å². The Morgan fingerprint density at radius 2 is 1.76 bits per heavy atom. The van der Waals surface area contributed by atoms with Crippen molar-refractivity contribution in [3.63, 3.8) is 0 Å². The van der Waals surface area contributed by atoms with Crippen molar-refractivity contribution in [2.75, 3.05) is 5.32 Å². The first-order valence-electron chi connectivity index (χ1n) is 7.81. The van der Waals surface area contributed by atoms with E-state index in [0.29, 0.717) is 17.0 Å². The molecule has 1 atom stereocenters. The molecule has 6 heteroatoms. The number of pyridine rings is 1. The van der Waals surface area contributed by atoms with Crippen LogP contribution in [-0.4, -0.2) is 22.8 Å². The highest BCUT2D eigenvalue weighted by molar-refractivity contribution is 7.12. The van der Waals surface area contributed by atoms with E-state index >= 15 is 0 Å². The van der Waals surface area contributed by atoms with Gasteiger partial charge in [-0.1, -0.05) is 36.4 Å². The normalized spacial score (nSPS) is 11.5. The Labute approximate surface area is 149 Å². The van der Waals surface area contributed by atoms with Crippen molar-refractivity contribution in [2.45, 2.75) is 12.5 Å². The average Bonchev–Trinajstić information content (AvgIpc) is 3.18. The number of hydrogen-bond donors (Lipinski definition) is 2. The van der Waals surface area contributed by atoms with Crippen LogP contribution in [-0.2, 0) is 11.2 Å². The van der Waals surface area contributed by atoms with Crippen LogP contribution in [0.5, 0.6) is 0 Å². The van der Waals surface area contributed by atoms with E-state index in [-0.39, 0.29) is 11.8 Å². The van der Waals surface area contributed by atoms with Crippen molar-refractivity contribution in [3.05, 3.63) is 82.8 Å². The van der Waals surface area contributed by atoms with Gasteiger partial charge >= 0.3 is 0 Å². The van der Waals surface area contributed by atoms with Crippen molar-refractivity contribution in [1.82, 2.24) is 10.3 Å². The molecule has 0 aliphatic rings. The molecule has 0 radical (unpaired) electrons. The minimum Gasteiger partial charge on any atom is -0.339 e. The van der Waals surface area contributed by atoms with Gasteiger partial charge in [-0.2, -0.15) is 0 Å². The molecule has 3 rings (SSSR count). The molecule has 2 N–H and O–H groups in total. The summed E-state index contributed by atoms with van der Waals surface area (Å²) >= 11 is 1.34. The summed E-state index contributed by atoms with van der Waals surface area (Å²) < 4.78 is 0. The van der Waals surface area contributed by atoms with E-state index < -0.39 is 6.04 Å². The van der Waals surface area contributed by atoms with Crippen LogP contribution >= 0.6 is 11.3 Å². The van der Waals surface area contributed by atoms with Gasteiger partial charge in [0.1, 0.15) is 6.04 Å². The highest BCUT2D eigenvalue weighted by Crippen LogP contribution is 2.11. The molecule has 1 unspecified atom stereocenters. The van der Waals surface area contributed by atoms with Gasteiger partial charge in [0.25, 0.3) is 5.91 Å². The highest BCUT2D eigenvalue weighted by Gasteiger charge is 2.22. The third kappa shape index (κ3) is 4.74. The number of thiophene rings is 1. The van der Waals surface area contributed by atoms with Gasteiger partial charge in [-0.25, -0.2) is 0 Å². The van der Waals surface area contributed by atoms with E-state index in [1.54, 1.807) is 30.6 Å². The Bertz CT molecular complexity index is 820. The predicted molar refractivity (Wildman–Crippen MR) is 98.6 cm³/mol. The molecular weight excluding hydrogens is 334 g/mol. The van der Waals surface area contributed by atoms with Crippen molar-refractivity contribution in [1.29, 1.82) is 0 Å². The summed E-state index contributed by atoms with van der Waals surface area (Å²) in [6, 6.07) is 15.9. The van der Waals surface area contributed by atoms with Crippen LogP contribution in [0.4, 0.5) is 5.69 Å². The molecule has 1 aromatic carbocycles. The standard InChI is InChI=1S/C19H17N3O2S/c23-18(21-15-8-10-20-11-9-15)16(13-14-5-2-1-3-6-14)22-19(24)17-7-4-12-25-17/h1-12,16H,13H2,(H,22,24)(H,20,21,23). The van der Waals surface area contributed by atoms with Crippen LogP contribution < -0.4 is 10.6 Å².